The highest BCUT2D eigenvalue weighted by atomic mass is 79.9. The third kappa shape index (κ3) is 3.76. The number of rotatable bonds is 3. The number of phenols is 1. The lowest BCUT2D eigenvalue weighted by Crippen LogP contribution is -2.17. The van der Waals surface area contributed by atoms with Gasteiger partial charge < -0.3 is 21.3 Å². The lowest BCUT2D eigenvalue weighted by atomic mass is 10.0. The van der Waals surface area contributed by atoms with Crippen LogP contribution < -0.4 is 11.5 Å². The van der Waals surface area contributed by atoms with Crippen LogP contribution in [0.25, 0.3) is 0 Å². The molecular formula is C10H14BrClN2O3. The smallest absolute Gasteiger partial charge is 0.307 e. The number of ether oxygens (including phenoxy) is 1. The van der Waals surface area contributed by atoms with Gasteiger partial charge in [0.05, 0.1) is 19.2 Å². The fourth-order valence-corrected chi connectivity index (χ4v) is 1.93. The topological polar surface area (TPSA) is 98.6 Å². The van der Waals surface area contributed by atoms with Crippen LogP contribution in [0.2, 0.25) is 0 Å². The first-order valence-electron chi connectivity index (χ1n) is 4.56. The number of phenolic OH excluding ortho intramolecular Hbond substituents is 1. The molecule has 0 aliphatic rings. The maximum atomic E-state index is 11.1. The number of methoxy groups -OCH3 is 1. The SMILES string of the molecule is COC(=O)C[C@@H](N)c1c(Br)ccc(N)c1O.Cl. The Morgan fingerprint density at radius 3 is 2.71 bits per heavy atom. The van der Waals surface area contributed by atoms with E-state index < -0.39 is 12.0 Å². The van der Waals surface area contributed by atoms with E-state index in [2.05, 4.69) is 20.7 Å². The summed E-state index contributed by atoms with van der Waals surface area (Å²) in [7, 11) is 1.28. The molecule has 5 nitrogen and oxygen atoms in total. The summed E-state index contributed by atoms with van der Waals surface area (Å²) in [6.07, 6.45) is -0.0217. The van der Waals surface area contributed by atoms with E-state index in [4.69, 9.17) is 11.5 Å². The number of benzene rings is 1. The summed E-state index contributed by atoms with van der Waals surface area (Å²) in [5.74, 6) is -0.549. The molecule has 1 rings (SSSR count). The van der Waals surface area contributed by atoms with Gasteiger partial charge in [-0.15, -0.1) is 12.4 Å². The Morgan fingerprint density at radius 2 is 2.18 bits per heavy atom. The van der Waals surface area contributed by atoms with E-state index in [1.54, 1.807) is 12.1 Å². The molecule has 0 aliphatic heterocycles. The van der Waals surface area contributed by atoms with Crippen molar-refractivity contribution in [3.8, 4) is 5.75 Å². The van der Waals surface area contributed by atoms with Crippen LogP contribution in [0.4, 0.5) is 5.69 Å². The third-order valence-corrected chi connectivity index (χ3v) is 2.87. The van der Waals surface area contributed by atoms with Crippen LogP contribution in [0.5, 0.6) is 5.75 Å². The van der Waals surface area contributed by atoms with Crippen molar-refractivity contribution in [1.29, 1.82) is 0 Å². The molecule has 1 atom stereocenters. The Hall–Kier alpha value is -0.980. The second-order valence-electron chi connectivity index (χ2n) is 3.29. The summed E-state index contributed by atoms with van der Waals surface area (Å²) in [6.45, 7) is 0. The van der Waals surface area contributed by atoms with Gasteiger partial charge >= 0.3 is 5.97 Å². The summed E-state index contributed by atoms with van der Waals surface area (Å²) in [6, 6.07) is 2.56. The average Bonchev–Trinajstić information content (AvgIpc) is 2.24. The molecule has 0 fully saturated rings. The summed E-state index contributed by atoms with van der Waals surface area (Å²) >= 11 is 3.25. The van der Waals surface area contributed by atoms with E-state index >= 15 is 0 Å². The number of carbonyl (C=O) groups excluding carboxylic acids is 1. The molecule has 0 heterocycles. The largest absolute Gasteiger partial charge is 0.505 e. The molecule has 0 radical (unpaired) electrons. The summed E-state index contributed by atoms with van der Waals surface area (Å²) in [5.41, 5.74) is 12.0. The first-order chi connectivity index (χ1) is 7.47. The van der Waals surface area contributed by atoms with Gasteiger partial charge in [0.15, 0.2) is 0 Å². The van der Waals surface area contributed by atoms with Gasteiger partial charge in [-0.25, -0.2) is 0 Å². The van der Waals surface area contributed by atoms with Gasteiger partial charge in [-0.05, 0) is 12.1 Å². The molecule has 0 aromatic heterocycles. The zero-order valence-corrected chi connectivity index (χ0v) is 11.5. The lowest BCUT2D eigenvalue weighted by molar-refractivity contribution is -0.141. The van der Waals surface area contributed by atoms with Gasteiger partial charge in [-0.3, -0.25) is 4.79 Å². The van der Waals surface area contributed by atoms with Crippen molar-refractivity contribution in [3.63, 3.8) is 0 Å². The van der Waals surface area contributed by atoms with Crippen LogP contribution in [0.3, 0.4) is 0 Å². The summed E-state index contributed by atoms with van der Waals surface area (Å²) < 4.78 is 5.11. The molecule has 0 saturated carbocycles. The molecule has 5 N–H and O–H groups in total. The molecule has 0 saturated heterocycles. The minimum atomic E-state index is -0.662. The van der Waals surface area contributed by atoms with Crippen LogP contribution in [-0.4, -0.2) is 18.2 Å². The zero-order valence-electron chi connectivity index (χ0n) is 9.14. The van der Waals surface area contributed by atoms with Crippen molar-refractivity contribution in [1.82, 2.24) is 0 Å². The first-order valence-corrected chi connectivity index (χ1v) is 5.36. The van der Waals surface area contributed by atoms with E-state index in [0.717, 1.165) is 0 Å². The molecule has 1 aromatic carbocycles. The molecule has 7 heteroatoms. The highest BCUT2D eigenvalue weighted by Gasteiger charge is 2.19. The molecule has 0 unspecified atom stereocenters. The molecule has 0 aliphatic carbocycles. The normalized spacial score (nSPS) is 11.5. The van der Waals surface area contributed by atoms with Crippen molar-refractivity contribution >= 4 is 40.0 Å². The number of anilines is 1. The molecule has 17 heavy (non-hydrogen) atoms. The second-order valence-corrected chi connectivity index (χ2v) is 4.14. The molecular weight excluding hydrogens is 311 g/mol. The second kappa shape index (κ2) is 6.68. The lowest BCUT2D eigenvalue weighted by Gasteiger charge is -2.15. The van der Waals surface area contributed by atoms with E-state index in [1.165, 1.54) is 7.11 Å². The molecule has 0 amide bonds. The van der Waals surface area contributed by atoms with Crippen molar-refractivity contribution < 1.29 is 14.6 Å². The average molecular weight is 326 g/mol. The number of esters is 1. The number of aromatic hydroxyl groups is 1. The monoisotopic (exact) mass is 324 g/mol. The van der Waals surface area contributed by atoms with Crippen LogP contribution in [-0.2, 0) is 9.53 Å². The van der Waals surface area contributed by atoms with Crippen molar-refractivity contribution in [2.45, 2.75) is 12.5 Å². The molecule has 0 bridgehead atoms. The van der Waals surface area contributed by atoms with Gasteiger partial charge in [0.2, 0.25) is 0 Å². The Labute approximate surface area is 114 Å². The van der Waals surface area contributed by atoms with Crippen LogP contribution in [0.15, 0.2) is 16.6 Å². The van der Waals surface area contributed by atoms with Crippen molar-refractivity contribution in [3.05, 3.63) is 22.2 Å². The van der Waals surface area contributed by atoms with Gasteiger partial charge in [0, 0.05) is 16.1 Å². The molecule has 96 valence electrons. The third-order valence-electron chi connectivity index (χ3n) is 2.18. The Kier molecular flexibility index (Phi) is 6.30. The molecule has 0 spiro atoms. The standard InChI is InChI=1S/C10H13BrN2O3.ClH/c1-16-8(14)4-7(13)9-5(11)2-3-6(12)10(9)15;/h2-3,7,15H,4,12-13H2,1H3;1H/t7-;/m1./s1. The van der Waals surface area contributed by atoms with Crippen molar-refractivity contribution in [2.75, 3.05) is 12.8 Å². The number of hydrogen-bond donors (Lipinski definition) is 3. The van der Waals surface area contributed by atoms with Crippen LogP contribution in [0, 0.1) is 0 Å². The number of nitrogens with two attached hydrogens (primary N) is 2. The predicted octanol–water partition coefficient (Wildman–Crippen LogP) is 1.72. The zero-order chi connectivity index (χ0) is 12.3. The Balaban J connectivity index is 0.00000256. The van der Waals surface area contributed by atoms with Gasteiger partial charge in [-0.1, -0.05) is 15.9 Å². The van der Waals surface area contributed by atoms with Crippen LogP contribution in [0.1, 0.15) is 18.0 Å². The minimum absolute atomic E-state index is 0. The number of carbonyl (C=O) groups is 1. The summed E-state index contributed by atoms with van der Waals surface area (Å²) in [5, 5.41) is 9.75. The number of hydrogen-bond acceptors (Lipinski definition) is 5. The van der Waals surface area contributed by atoms with Gasteiger partial charge in [0.1, 0.15) is 5.75 Å². The van der Waals surface area contributed by atoms with Gasteiger partial charge in [0.25, 0.3) is 0 Å². The maximum Gasteiger partial charge on any atom is 0.307 e. The van der Waals surface area contributed by atoms with E-state index in [1.807, 2.05) is 0 Å². The quantitative estimate of drug-likeness (QED) is 0.446. The highest BCUT2D eigenvalue weighted by molar-refractivity contribution is 9.10. The van der Waals surface area contributed by atoms with Gasteiger partial charge in [-0.2, -0.15) is 0 Å². The predicted molar refractivity (Wildman–Crippen MR) is 71.0 cm³/mol. The van der Waals surface area contributed by atoms with E-state index in [0.29, 0.717) is 10.0 Å². The van der Waals surface area contributed by atoms with Crippen LogP contribution >= 0.6 is 28.3 Å². The first kappa shape index (κ1) is 16.0. The number of nitrogen functional groups attached to an aromatic ring is 1. The van der Waals surface area contributed by atoms with E-state index in [-0.39, 0.29) is 30.3 Å². The minimum Gasteiger partial charge on any atom is -0.505 e. The Bertz CT molecular complexity index is 415. The Morgan fingerprint density at radius 1 is 1.59 bits per heavy atom. The number of halogens is 2. The molecule has 1 aromatic rings. The van der Waals surface area contributed by atoms with E-state index in [9.17, 15) is 9.90 Å². The fraction of sp³-hybridized carbons (Fsp3) is 0.300. The summed E-state index contributed by atoms with van der Waals surface area (Å²) in [4.78, 5) is 11.1. The maximum absolute atomic E-state index is 11.1. The highest BCUT2D eigenvalue weighted by Crippen LogP contribution is 2.36. The fourth-order valence-electron chi connectivity index (χ4n) is 1.32. The van der Waals surface area contributed by atoms with Crippen molar-refractivity contribution in [2.24, 2.45) is 5.73 Å².